The molecule has 0 saturated carbocycles. The van der Waals surface area contributed by atoms with Gasteiger partial charge in [-0.1, -0.05) is 98.4 Å². The smallest absolute Gasteiger partial charge is 0.0650 e. The molecule has 0 aliphatic heterocycles. The first-order valence-electron chi connectivity index (χ1n) is 7.72. The van der Waals surface area contributed by atoms with Crippen molar-refractivity contribution in [3.63, 3.8) is 0 Å². The highest BCUT2D eigenvalue weighted by Crippen LogP contribution is 2.44. The van der Waals surface area contributed by atoms with Crippen molar-refractivity contribution in [2.45, 2.75) is 64.2 Å². The topological polar surface area (TPSA) is 0 Å². The Kier molecular flexibility index (Phi) is 6.73. The van der Waals surface area contributed by atoms with Gasteiger partial charge in [0, 0.05) is 4.47 Å². The first kappa shape index (κ1) is 17.7. The Bertz CT molecular complexity index is 407. The third-order valence-electron chi connectivity index (χ3n) is 4.88. The minimum absolute atomic E-state index is 0.831. The summed E-state index contributed by atoms with van der Waals surface area (Å²) in [4.78, 5) is 0. The molecule has 20 heavy (non-hydrogen) atoms. The fraction of sp³-hybridized carbons (Fsp3) is 0.556. The van der Waals surface area contributed by atoms with E-state index in [0.29, 0.717) is 0 Å². The molecule has 0 atom stereocenters. The van der Waals surface area contributed by atoms with Crippen LogP contribution in [0.4, 0.5) is 0 Å². The molecule has 0 heterocycles. The van der Waals surface area contributed by atoms with Gasteiger partial charge in [0.05, 0.1) is 8.07 Å². The van der Waals surface area contributed by atoms with Crippen LogP contribution < -0.4 is 0 Å². The predicted octanol–water partition coefficient (Wildman–Crippen LogP) is 7.14. The van der Waals surface area contributed by atoms with Gasteiger partial charge >= 0.3 is 0 Å². The Morgan fingerprint density at radius 1 is 0.900 bits per heavy atom. The Morgan fingerprint density at radius 3 is 1.75 bits per heavy atom. The maximum atomic E-state index is 3.49. The Balaban J connectivity index is 2.89. The normalized spacial score (nSPS) is 13.1. The first-order valence-corrected chi connectivity index (χ1v) is 11.0. The van der Waals surface area contributed by atoms with Crippen molar-refractivity contribution >= 4 is 30.1 Å². The molecule has 0 aliphatic rings. The van der Waals surface area contributed by atoms with Gasteiger partial charge < -0.3 is 0 Å². The van der Waals surface area contributed by atoms with Crippen molar-refractivity contribution in [3.8, 4) is 0 Å². The molecular weight excluding hydrogens is 324 g/mol. The average Bonchev–Trinajstić information content (AvgIpc) is 2.35. The second-order valence-corrected chi connectivity index (χ2v) is 13.7. The van der Waals surface area contributed by atoms with Crippen LogP contribution in [-0.2, 0) is 0 Å². The van der Waals surface area contributed by atoms with Crippen LogP contribution in [0.3, 0.4) is 0 Å². The predicted molar refractivity (Wildman–Crippen MR) is 99.0 cm³/mol. The molecule has 1 aromatic carbocycles. The fourth-order valence-corrected chi connectivity index (χ4v) is 9.88. The van der Waals surface area contributed by atoms with E-state index in [-0.39, 0.29) is 0 Å². The summed E-state index contributed by atoms with van der Waals surface area (Å²) >= 11 is 3.49. The summed E-state index contributed by atoms with van der Waals surface area (Å²) in [6.07, 6.45) is 4.72. The van der Waals surface area contributed by atoms with E-state index in [1.807, 2.05) is 0 Å². The van der Waals surface area contributed by atoms with Crippen molar-refractivity contribution in [1.29, 1.82) is 0 Å². The molecule has 1 rings (SSSR count). The maximum Gasteiger partial charge on any atom is 0.0650 e. The molecule has 0 fully saturated rings. The molecule has 0 radical (unpaired) electrons. The molecule has 0 nitrogen and oxygen atoms in total. The van der Waals surface area contributed by atoms with Crippen LogP contribution in [0.25, 0.3) is 6.08 Å². The summed E-state index contributed by atoms with van der Waals surface area (Å²) in [7, 11) is -1.29. The van der Waals surface area contributed by atoms with E-state index in [4.69, 9.17) is 0 Å². The molecule has 112 valence electrons. The third-order valence-corrected chi connectivity index (χ3v) is 12.8. The van der Waals surface area contributed by atoms with Gasteiger partial charge in [-0.3, -0.25) is 0 Å². The molecule has 0 saturated heterocycles. The number of allylic oxidation sites excluding steroid dienone is 1. The molecule has 2 heteroatoms. The number of hydrogen-bond donors (Lipinski definition) is 0. The van der Waals surface area contributed by atoms with Gasteiger partial charge in [0.1, 0.15) is 0 Å². The van der Waals surface area contributed by atoms with Crippen LogP contribution in [0.2, 0.25) is 22.7 Å². The van der Waals surface area contributed by atoms with E-state index in [9.17, 15) is 0 Å². The summed E-state index contributed by atoms with van der Waals surface area (Å²) < 4.78 is 1.14. The van der Waals surface area contributed by atoms with E-state index in [1.54, 1.807) is 0 Å². The molecule has 0 aromatic heterocycles. The number of benzene rings is 1. The van der Waals surface area contributed by atoms with E-state index in [0.717, 1.165) is 21.1 Å². The van der Waals surface area contributed by atoms with Gasteiger partial charge in [-0.2, -0.15) is 0 Å². The van der Waals surface area contributed by atoms with Gasteiger partial charge in [-0.25, -0.2) is 0 Å². The van der Waals surface area contributed by atoms with Gasteiger partial charge in [-0.15, -0.1) is 0 Å². The number of rotatable bonds is 6. The summed E-state index contributed by atoms with van der Waals surface area (Å²) in [5.41, 5.74) is 3.79. The number of halogens is 1. The Labute approximate surface area is 134 Å². The van der Waals surface area contributed by atoms with Crippen molar-refractivity contribution < 1.29 is 0 Å². The van der Waals surface area contributed by atoms with Crippen molar-refractivity contribution in [1.82, 2.24) is 0 Å². The standard InChI is InChI=1S/C18H29BrSi/c1-14(2)20(15(3)4,16(5)6)13-7-8-17-9-11-18(19)12-10-17/h7-12,14-16H,13H2,1-6H3/b8-7-. The van der Waals surface area contributed by atoms with E-state index in [2.05, 4.69) is 93.9 Å². The SMILES string of the molecule is CC(C)[Si](C/C=C\c1ccc(Br)cc1)(C(C)C)C(C)C. The van der Waals surface area contributed by atoms with Crippen LogP contribution in [0.15, 0.2) is 34.8 Å². The van der Waals surface area contributed by atoms with Gasteiger partial charge in [-0.05, 0) is 23.7 Å². The van der Waals surface area contributed by atoms with Crippen molar-refractivity contribution in [2.24, 2.45) is 0 Å². The monoisotopic (exact) mass is 352 g/mol. The van der Waals surface area contributed by atoms with Crippen LogP contribution >= 0.6 is 15.9 Å². The zero-order valence-electron chi connectivity index (χ0n) is 13.8. The zero-order valence-corrected chi connectivity index (χ0v) is 16.4. The minimum Gasteiger partial charge on any atom is -0.0866 e. The van der Waals surface area contributed by atoms with Crippen molar-refractivity contribution in [2.75, 3.05) is 0 Å². The molecule has 0 N–H and O–H groups in total. The van der Waals surface area contributed by atoms with E-state index < -0.39 is 8.07 Å². The molecule has 0 amide bonds. The van der Waals surface area contributed by atoms with Crippen molar-refractivity contribution in [3.05, 3.63) is 40.4 Å². The second kappa shape index (κ2) is 7.60. The number of hydrogen-bond acceptors (Lipinski definition) is 0. The summed E-state index contributed by atoms with van der Waals surface area (Å²) in [6.45, 7) is 14.6. The van der Waals surface area contributed by atoms with Crippen LogP contribution in [0, 0.1) is 0 Å². The van der Waals surface area contributed by atoms with E-state index in [1.165, 1.54) is 11.6 Å². The lowest BCUT2D eigenvalue weighted by molar-refractivity contribution is 0.811. The highest BCUT2D eigenvalue weighted by molar-refractivity contribution is 9.10. The summed E-state index contributed by atoms with van der Waals surface area (Å²) in [5, 5.41) is 0. The minimum atomic E-state index is -1.29. The zero-order chi connectivity index (χ0) is 15.3. The highest BCUT2D eigenvalue weighted by atomic mass is 79.9. The quantitative estimate of drug-likeness (QED) is 0.477. The Morgan fingerprint density at radius 2 is 1.35 bits per heavy atom. The highest BCUT2D eigenvalue weighted by Gasteiger charge is 2.41. The van der Waals surface area contributed by atoms with E-state index >= 15 is 0 Å². The molecular formula is C18H29BrSi. The lowest BCUT2D eigenvalue weighted by Crippen LogP contribution is -2.43. The lowest BCUT2D eigenvalue weighted by Gasteiger charge is -2.42. The van der Waals surface area contributed by atoms with Gasteiger partial charge in [0.15, 0.2) is 0 Å². The average molecular weight is 353 g/mol. The van der Waals surface area contributed by atoms with Crippen LogP contribution in [0.1, 0.15) is 47.1 Å². The Hall–Kier alpha value is -0.343. The van der Waals surface area contributed by atoms with Gasteiger partial charge in [0.25, 0.3) is 0 Å². The first-order chi connectivity index (χ1) is 9.30. The summed E-state index contributed by atoms with van der Waals surface area (Å²) in [5.74, 6) is 0. The molecule has 0 bridgehead atoms. The van der Waals surface area contributed by atoms with Gasteiger partial charge in [0.2, 0.25) is 0 Å². The van der Waals surface area contributed by atoms with Crippen LogP contribution in [0.5, 0.6) is 0 Å². The molecule has 0 spiro atoms. The maximum absolute atomic E-state index is 3.49. The summed E-state index contributed by atoms with van der Waals surface area (Å²) in [6, 6.07) is 9.85. The van der Waals surface area contributed by atoms with Crippen LogP contribution in [-0.4, -0.2) is 8.07 Å². The molecule has 0 unspecified atom stereocenters. The molecule has 0 aliphatic carbocycles. The largest absolute Gasteiger partial charge is 0.0866 e. The molecule has 1 aromatic rings. The fourth-order valence-electron chi connectivity index (χ4n) is 3.68. The lowest BCUT2D eigenvalue weighted by atomic mass is 10.2. The second-order valence-electron chi connectivity index (χ2n) is 6.73. The third kappa shape index (κ3) is 4.08.